The number of hydrogen-bond donors (Lipinski definition) is 0. The second-order valence-corrected chi connectivity index (χ2v) is 5.98. The number of fused-ring (bicyclic) bond motifs is 1. The number of methoxy groups -OCH3 is 1. The average Bonchev–Trinajstić information content (AvgIpc) is 2.94. The third-order valence-electron chi connectivity index (χ3n) is 4.33. The summed E-state index contributed by atoms with van der Waals surface area (Å²) in [6.07, 6.45) is 0.420. The molecule has 0 N–H and O–H groups in total. The predicted octanol–water partition coefficient (Wildman–Crippen LogP) is 1.88. The smallest absolute Gasteiger partial charge is 0.227 e. The van der Waals surface area contributed by atoms with Gasteiger partial charge in [0.2, 0.25) is 5.91 Å². The summed E-state index contributed by atoms with van der Waals surface area (Å²) in [4.78, 5) is 14.5. The van der Waals surface area contributed by atoms with Crippen molar-refractivity contribution in [2.24, 2.45) is 0 Å². The molecule has 23 heavy (non-hydrogen) atoms. The van der Waals surface area contributed by atoms with Crippen LogP contribution >= 0.6 is 0 Å². The maximum atomic E-state index is 12.6. The van der Waals surface area contributed by atoms with Crippen LogP contribution in [0.2, 0.25) is 0 Å². The summed E-state index contributed by atoms with van der Waals surface area (Å²) in [5.41, 5.74) is 2.24. The van der Waals surface area contributed by atoms with Crippen molar-refractivity contribution in [2.75, 3.05) is 13.7 Å². The van der Waals surface area contributed by atoms with E-state index in [1.807, 2.05) is 43.0 Å². The van der Waals surface area contributed by atoms with E-state index in [1.165, 1.54) is 5.56 Å². The molecule has 0 saturated heterocycles. The van der Waals surface area contributed by atoms with Gasteiger partial charge in [-0.2, -0.15) is 0 Å². The first-order chi connectivity index (χ1) is 11.1. The minimum Gasteiger partial charge on any atom is -0.377 e. The van der Waals surface area contributed by atoms with Crippen LogP contribution in [0.5, 0.6) is 0 Å². The normalized spacial score (nSPS) is 17.2. The van der Waals surface area contributed by atoms with Crippen molar-refractivity contribution >= 4 is 5.91 Å². The molecule has 2 heterocycles. The van der Waals surface area contributed by atoms with Gasteiger partial charge in [-0.15, -0.1) is 10.2 Å². The van der Waals surface area contributed by atoms with Crippen molar-refractivity contribution in [1.29, 1.82) is 0 Å². The van der Waals surface area contributed by atoms with Crippen LogP contribution in [0.1, 0.15) is 35.7 Å². The molecule has 0 aliphatic carbocycles. The van der Waals surface area contributed by atoms with Crippen molar-refractivity contribution in [3.05, 3.63) is 47.0 Å². The lowest BCUT2D eigenvalue weighted by atomic mass is 10.1. The van der Waals surface area contributed by atoms with Crippen molar-refractivity contribution in [1.82, 2.24) is 19.7 Å². The summed E-state index contributed by atoms with van der Waals surface area (Å²) in [5.74, 6) is 1.78. The van der Waals surface area contributed by atoms with Gasteiger partial charge in [-0.1, -0.05) is 29.8 Å². The highest BCUT2D eigenvalue weighted by molar-refractivity contribution is 5.79. The van der Waals surface area contributed by atoms with Gasteiger partial charge in [0.1, 0.15) is 6.61 Å². The molecule has 122 valence electrons. The molecule has 1 aliphatic rings. The minimum absolute atomic E-state index is 0.0696. The van der Waals surface area contributed by atoms with Gasteiger partial charge in [0.25, 0.3) is 0 Å². The standard InChI is InChI=1S/C17H22N4O2/c1-12-4-6-14(7-5-12)10-16(22)20-8-9-21-15(11-23-3)18-19-17(21)13(20)2/h4-7,13H,8-11H2,1-3H3/t13-/m0/s1. The van der Waals surface area contributed by atoms with Crippen molar-refractivity contribution in [3.63, 3.8) is 0 Å². The first-order valence-electron chi connectivity index (χ1n) is 7.86. The van der Waals surface area contributed by atoms with Gasteiger partial charge in [0.15, 0.2) is 11.6 Å². The summed E-state index contributed by atoms with van der Waals surface area (Å²) in [6.45, 7) is 5.88. The van der Waals surface area contributed by atoms with Gasteiger partial charge < -0.3 is 14.2 Å². The van der Waals surface area contributed by atoms with Crippen LogP contribution in [0.3, 0.4) is 0 Å². The fourth-order valence-electron chi connectivity index (χ4n) is 3.00. The van der Waals surface area contributed by atoms with E-state index in [-0.39, 0.29) is 11.9 Å². The third kappa shape index (κ3) is 3.12. The second-order valence-electron chi connectivity index (χ2n) is 5.98. The van der Waals surface area contributed by atoms with Crippen molar-refractivity contribution < 1.29 is 9.53 Å². The molecule has 0 radical (unpaired) electrons. The third-order valence-corrected chi connectivity index (χ3v) is 4.33. The van der Waals surface area contributed by atoms with E-state index in [2.05, 4.69) is 14.8 Å². The number of hydrogen-bond acceptors (Lipinski definition) is 4. The Morgan fingerprint density at radius 1 is 1.26 bits per heavy atom. The Hall–Kier alpha value is -2.21. The maximum Gasteiger partial charge on any atom is 0.227 e. The molecule has 1 aromatic heterocycles. The van der Waals surface area contributed by atoms with Gasteiger partial charge in [-0.3, -0.25) is 4.79 Å². The zero-order valence-electron chi connectivity index (χ0n) is 13.8. The Balaban J connectivity index is 1.73. The highest BCUT2D eigenvalue weighted by Crippen LogP contribution is 2.25. The lowest BCUT2D eigenvalue weighted by Crippen LogP contribution is -2.42. The summed E-state index contributed by atoms with van der Waals surface area (Å²) >= 11 is 0. The fraction of sp³-hybridized carbons (Fsp3) is 0.471. The van der Waals surface area contributed by atoms with E-state index in [0.717, 1.165) is 17.2 Å². The number of aromatic nitrogens is 3. The summed E-state index contributed by atoms with van der Waals surface area (Å²) < 4.78 is 7.21. The minimum atomic E-state index is -0.0696. The number of carbonyl (C=O) groups is 1. The van der Waals surface area contributed by atoms with Crippen LogP contribution in [0.4, 0.5) is 0 Å². The monoisotopic (exact) mass is 314 g/mol. The first-order valence-corrected chi connectivity index (χ1v) is 7.86. The number of rotatable bonds is 4. The van der Waals surface area contributed by atoms with E-state index in [9.17, 15) is 4.79 Å². The van der Waals surface area contributed by atoms with Gasteiger partial charge >= 0.3 is 0 Å². The van der Waals surface area contributed by atoms with Crippen LogP contribution in [0.25, 0.3) is 0 Å². The lowest BCUT2D eigenvalue weighted by Gasteiger charge is -2.33. The van der Waals surface area contributed by atoms with Crippen LogP contribution < -0.4 is 0 Å². The molecule has 2 aromatic rings. The Labute approximate surface area is 136 Å². The molecule has 1 atom stereocenters. The second kappa shape index (κ2) is 6.50. The molecule has 0 bridgehead atoms. The van der Waals surface area contributed by atoms with Gasteiger partial charge in [-0.05, 0) is 19.4 Å². The zero-order chi connectivity index (χ0) is 16.4. The zero-order valence-corrected chi connectivity index (χ0v) is 13.8. The molecule has 3 rings (SSSR count). The lowest BCUT2D eigenvalue weighted by molar-refractivity contribution is -0.133. The Bertz CT molecular complexity index is 693. The molecular formula is C17H22N4O2. The number of amides is 1. The quantitative estimate of drug-likeness (QED) is 0.864. The van der Waals surface area contributed by atoms with Gasteiger partial charge in [-0.25, -0.2) is 0 Å². The van der Waals surface area contributed by atoms with Crippen molar-refractivity contribution in [3.8, 4) is 0 Å². The van der Waals surface area contributed by atoms with Crippen LogP contribution in [0, 0.1) is 6.92 Å². The van der Waals surface area contributed by atoms with Gasteiger partial charge in [0, 0.05) is 20.2 Å². The average molecular weight is 314 g/mol. The molecule has 0 unspecified atom stereocenters. The number of ether oxygens (including phenoxy) is 1. The van der Waals surface area contributed by atoms with E-state index in [4.69, 9.17) is 4.74 Å². The fourth-order valence-corrected chi connectivity index (χ4v) is 3.00. The van der Waals surface area contributed by atoms with E-state index in [0.29, 0.717) is 26.1 Å². The number of carbonyl (C=O) groups excluding carboxylic acids is 1. The Kier molecular flexibility index (Phi) is 4.43. The summed E-state index contributed by atoms with van der Waals surface area (Å²) in [7, 11) is 1.64. The maximum absolute atomic E-state index is 12.6. The molecule has 6 heteroatoms. The van der Waals surface area contributed by atoms with Crippen molar-refractivity contribution in [2.45, 2.75) is 39.5 Å². The highest BCUT2D eigenvalue weighted by atomic mass is 16.5. The van der Waals surface area contributed by atoms with E-state index >= 15 is 0 Å². The molecule has 1 aliphatic heterocycles. The number of aryl methyl sites for hydroxylation is 1. The molecule has 0 spiro atoms. The molecule has 0 saturated carbocycles. The van der Waals surface area contributed by atoms with Gasteiger partial charge in [0.05, 0.1) is 12.5 Å². The topological polar surface area (TPSA) is 60.3 Å². The first kappa shape index (κ1) is 15.7. The SMILES string of the molecule is COCc1nnc2n1CCN(C(=O)Cc1ccc(C)cc1)[C@H]2C. The van der Waals surface area contributed by atoms with Crippen LogP contribution in [-0.2, 0) is 29.1 Å². The Morgan fingerprint density at radius 3 is 2.70 bits per heavy atom. The van der Waals surface area contributed by atoms with E-state index < -0.39 is 0 Å². The molecule has 6 nitrogen and oxygen atoms in total. The largest absolute Gasteiger partial charge is 0.377 e. The molecule has 1 aromatic carbocycles. The van der Waals surface area contributed by atoms with Crippen LogP contribution in [0.15, 0.2) is 24.3 Å². The van der Waals surface area contributed by atoms with Crippen LogP contribution in [-0.4, -0.2) is 39.2 Å². The molecule has 1 amide bonds. The predicted molar refractivity (Wildman–Crippen MR) is 85.7 cm³/mol. The Morgan fingerprint density at radius 2 is 2.00 bits per heavy atom. The number of nitrogens with zero attached hydrogens (tertiary/aromatic N) is 4. The summed E-state index contributed by atoms with van der Waals surface area (Å²) in [5, 5.41) is 8.42. The summed E-state index contributed by atoms with van der Waals surface area (Å²) in [6, 6.07) is 8.04. The van der Waals surface area contributed by atoms with E-state index in [1.54, 1.807) is 7.11 Å². The number of benzene rings is 1. The molecule has 0 fully saturated rings. The molecular weight excluding hydrogens is 292 g/mol. The highest BCUT2D eigenvalue weighted by Gasteiger charge is 2.30.